The predicted molar refractivity (Wildman–Crippen MR) is 82.7 cm³/mol. The Morgan fingerprint density at radius 3 is 2.96 bits per heavy atom. The molecule has 23 heavy (non-hydrogen) atoms. The first-order chi connectivity index (χ1) is 11.1. The fourth-order valence-corrected chi connectivity index (χ4v) is 3.11. The van der Waals surface area contributed by atoms with Crippen molar-refractivity contribution in [2.45, 2.75) is 25.0 Å². The number of fused-ring (bicyclic) bond motifs is 1. The van der Waals surface area contributed by atoms with Gasteiger partial charge in [0.05, 0.1) is 12.7 Å². The lowest BCUT2D eigenvalue weighted by Crippen LogP contribution is -2.49. The lowest BCUT2D eigenvalue weighted by atomic mass is 10.1. The van der Waals surface area contributed by atoms with Gasteiger partial charge in [0.2, 0.25) is 5.91 Å². The van der Waals surface area contributed by atoms with Gasteiger partial charge < -0.3 is 10.1 Å². The van der Waals surface area contributed by atoms with Crippen molar-refractivity contribution in [3.05, 3.63) is 41.5 Å². The molecule has 6 heteroatoms. The Balaban J connectivity index is 1.49. The molecule has 0 saturated carbocycles. The molecule has 0 spiro atoms. The van der Waals surface area contributed by atoms with Crippen LogP contribution in [0.25, 0.3) is 6.08 Å². The summed E-state index contributed by atoms with van der Waals surface area (Å²) >= 11 is 0. The summed E-state index contributed by atoms with van der Waals surface area (Å²) in [5, 5.41) is 2.72. The van der Waals surface area contributed by atoms with E-state index in [9.17, 15) is 13.6 Å². The Bertz CT molecular complexity index is 586. The second-order valence-corrected chi connectivity index (χ2v) is 5.96. The average molecular weight is 322 g/mol. The van der Waals surface area contributed by atoms with Gasteiger partial charge in [0.15, 0.2) is 0 Å². The van der Waals surface area contributed by atoms with Crippen molar-refractivity contribution >= 4 is 12.0 Å². The first-order valence-corrected chi connectivity index (χ1v) is 7.89. The van der Waals surface area contributed by atoms with Crippen LogP contribution in [0.4, 0.5) is 8.78 Å². The molecule has 124 valence electrons. The predicted octanol–water partition coefficient (Wildman–Crippen LogP) is 1.96. The van der Waals surface area contributed by atoms with Crippen molar-refractivity contribution in [3.8, 4) is 0 Å². The molecule has 3 rings (SSSR count). The maximum absolute atomic E-state index is 13.5. The van der Waals surface area contributed by atoms with Gasteiger partial charge in [0.1, 0.15) is 11.6 Å². The quantitative estimate of drug-likeness (QED) is 0.862. The molecule has 1 aromatic carbocycles. The largest absolute Gasteiger partial charge is 0.373 e. The van der Waals surface area contributed by atoms with Crippen LogP contribution in [0.1, 0.15) is 18.4 Å². The molecule has 4 nitrogen and oxygen atoms in total. The Kier molecular flexibility index (Phi) is 5.03. The van der Waals surface area contributed by atoms with E-state index in [-0.39, 0.29) is 17.6 Å². The summed E-state index contributed by atoms with van der Waals surface area (Å²) < 4.78 is 32.7. The van der Waals surface area contributed by atoms with Crippen LogP contribution in [0.5, 0.6) is 0 Å². The van der Waals surface area contributed by atoms with E-state index in [4.69, 9.17) is 4.74 Å². The van der Waals surface area contributed by atoms with Crippen molar-refractivity contribution in [2.24, 2.45) is 0 Å². The van der Waals surface area contributed by atoms with Gasteiger partial charge in [-0.2, -0.15) is 0 Å². The zero-order valence-corrected chi connectivity index (χ0v) is 12.8. The standard InChI is InChI=1S/C17H20F2N2O2/c18-15-4-1-5-16(19)14(15)6-7-17(22)20-9-13-10-21-8-2-3-12(21)11-23-13/h1,4-7,12-13H,2-3,8-11H2,(H,20,22)/b7-6+/t12-,13-/m1/s1. The minimum atomic E-state index is -0.690. The van der Waals surface area contributed by atoms with E-state index in [0.717, 1.165) is 37.4 Å². The zero-order valence-electron chi connectivity index (χ0n) is 12.8. The number of nitrogens with one attached hydrogen (secondary N) is 1. The van der Waals surface area contributed by atoms with Gasteiger partial charge >= 0.3 is 0 Å². The highest BCUT2D eigenvalue weighted by Gasteiger charge is 2.32. The fourth-order valence-electron chi connectivity index (χ4n) is 3.11. The van der Waals surface area contributed by atoms with Crippen LogP contribution in [-0.4, -0.2) is 49.2 Å². The van der Waals surface area contributed by atoms with Gasteiger partial charge in [0, 0.05) is 30.8 Å². The SMILES string of the molecule is O=C(/C=C/c1c(F)cccc1F)NC[C@@H]1CN2CCC[C@@H]2CO1. The third-order valence-corrected chi connectivity index (χ3v) is 4.37. The minimum absolute atomic E-state index is 0.0353. The van der Waals surface area contributed by atoms with E-state index in [1.54, 1.807) is 0 Å². The highest BCUT2D eigenvalue weighted by Crippen LogP contribution is 2.22. The van der Waals surface area contributed by atoms with E-state index in [0.29, 0.717) is 19.2 Å². The van der Waals surface area contributed by atoms with Gasteiger partial charge in [-0.25, -0.2) is 8.78 Å². The Morgan fingerprint density at radius 2 is 2.17 bits per heavy atom. The summed E-state index contributed by atoms with van der Waals surface area (Å²) in [6.07, 6.45) is 4.63. The summed E-state index contributed by atoms with van der Waals surface area (Å²) in [5.74, 6) is -1.77. The number of morpholine rings is 1. The van der Waals surface area contributed by atoms with Crippen LogP contribution in [-0.2, 0) is 9.53 Å². The number of carbonyl (C=O) groups excluding carboxylic acids is 1. The number of amides is 1. The maximum atomic E-state index is 13.5. The molecule has 0 unspecified atom stereocenters. The molecule has 1 aromatic rings. The number of ether oxygens (including phenoxy) is 1. The van der Waals surface area contributed by atoms with E-state index in [2.05, 4.69) is 10.2 Å². The number of hydrogen-bond donors (Lipinski definition) is 1. The molecule has 2 aliphatic heterocycles. The average Bonchev–Trinajstić information content (AvgIpc) is 3.00. The number of benzene rings is 1. The first kappa shape index (κ1) is 16.1. The topological polar surface area (TPSA) is 41.6 Å². The van der Waals surface area contributed by atoms with Gasteiger partial charge in [-0.15, -0.1) is 0 Å². The molecule has 2 heterocycles. The van der Waals surface area contributed by atoms with E-state index in [1.807, 2.05) is 0 Å². The Labute approximate surface area is 134 Å². The van der Waals surface area contributed by atoms with E-state index in [1.165, 1.54) is 18.9 Å². The molecule has 2 aliphatic rings. The van der Waals surface area contributed by atoms with Crippen molar-refractivity contribution < 1.29 is 18.3 Å². The third kappa shape index (κ3) is 3.95. The molecule has 2 fully saturated rings. The Hall–Kier alpha value is -1.79. The number of carbonyl (C=O) groups is 1. The second-order valence-electron chi connectivity index (χ2n) is 5.96. The number of halogens is 2. The summed E-state index contributed by atoms with van der Waals surface area (Å²) in [6, 6.07) is 4.12. The smallest absolute Gasteiger partial charge is 0.244 e. The van der Waals surface area contributed by atoms with Crippen molar-refractivity contribution in [1.29, 1.82) is 0 Å². The van der Waals surface area contributed by atoms with E-state index >= 15 is 0 Å². The van der Waals surface area contributed by atoms with Gasteiger partial charge in [0.25, 0.3) is 0 Å². The highest BCUT2D eigenvalue weighted by atomic mass is 19.1. The van der Waals surface area contributed by atoms with Gasteiger partial charge in [-0.05, 0) is 37.6 Å². The lowest BCUT2D eigenvalue weighted by Gasteiger charge is -2.35. The molecule has 1 amide bonds. The van der Waals surface area contributed by atoms with E-state index < -0.39 is 11.6 Å². The van der Waals surface area contributed by atoms with Crippen LogP contribution >= 0.6 is 0 Å². The molecule has 2 atom stereocenters. The number of rotatable bonds is 4. The maximum Gasteiger partial charge on any atom is 0.244 e. The summed E-state index contributed by atoms with van der Waals surface area (Å²) in [7, 11) is 0. The lowest BCUT2D eigenvalue weighted by molar-refractivity contribution is -0.117. The highest BCUT2D eigenvalue weighted by molar-refractivity contribution is 5.91. The first-order valence-electron chi connectivity index (χ1n) is 7.89. The summed E-state index contributed by atoms with van der Waals surface area (Å²) in [5.41, 5.74) is -0.212. The van der Waals surface area contributed by atoms with Crippen LogP contribution in [0.2, 0.25) is 0 Å². The van der Waals surface area contributed by atoms with Crippen molar-refractivity contribution in [1.82, 2.24) is 10.2 Å². The Morgan fingerprint density at radius 1 is 1.39 bits per heavy atom. The van der Waals surface area contributed by atoms with Gasteiger partial charge in [-0.3, -0.25) is 9.69 Å². The molecule has 1 N–H and O–H groups in total. The third-order valence-electron chi connectivity index (χ3n) is 4.37. The van der Waals surface area contributed by atoms with Crippen LogP contribution < -0.4 is 5.32 Å². The van der Waals surface area contributed by atoms with Gasteiger partial charge in [-0.1, -0.05) is 6.07 Å². The molecular formula is C17H20F2N2O2. The normalized spacial score (nSPS) is 24.8. The molecular weight excluding hydrogens is 302 g/mol. The molecule has 2 saturated heterocycles. The molecule has 0 aliphatic carbocycles. The zero-order chi connectivity index (χ0) is 16.2. The van der Waals surface area contributed by atoms with Crippen LogP contribution in [0.3, 0.4) is 0 Å². The summed E-state index contributed by atoms with van der Waals surface area (Å²) in [6.45, 7) is 3.00. The van der Waals surface area contributed by atoms with Crippen LogP contribution in [0, 0.1) is 11.6 Å². The molecule has 0 bridgehead atoms. The molecule has 0 radical (unpaired) electrons. The number of hydrogen-bond acceptors (Lipinski definition) is 3. The summed E-state index contributed by atoms with van der Waals surface area (Å²) in [4.78, 5) is 14.2. The van der Waals surface area contributed by atoms with Crippen LogP contribution in [0.15, 0.2) is 24.3 Å². The minimum Gasteiger partial charge on any atom is -0.373 e. The van der Waals surface area contributed by atoms with Crippen molar-refractivity contribution in [3.63, 3.8) is 0 Å². The number of nitrogens with zero attached hydrogens (tertiary/aromatic N) is 1. The monoisotopic (exact) mass is 322 g/mol. The molecule has 0 aromatic heterocycles. The fraction of sp³-hybridized carbons (Fsp3) is 0.471. The second kappa shape index (κ2) is 7.19. The van der Waals surface area contributed by atoms with Crippen molar-refractivity contribution in [2.75, 3.05) is 26.2 Å².